The van der Waals surface area contributed by atoms with Crippen molar-refractivity contribution < 1.29 is 9.13 Å². The second-order valence-electron chi connectivity index (χ2n) is 3.91. The van der Waals surface area contributed by atoms with Crippen LogP contribution in [-0.2, 0) is 4.74 Å². The molecule has 0 spiro atoms. The van der Waals surface area contributed by atoms with Crippen LogP contribution in [0, 0.1) is 5.82 Å². The fourth-order valence-electron chi connectivity index (χ4n) is 1.91. The summed E-state index contributed by atoms with van der Waals surface area (Å²) >= 11 is 0. The summed E-state index contributed by atoms with van der Waals surface area (Å²) in [6, 6.07) is 6.79. The largest absolute Gasteiger partial charge is 0.369 e. The summed E-state index contributed by atoms with van der Waals surface area (Å²) in [5, 5.41) is 3.23. The molecule has 0 aromatic heterocycles. The van der Waals surface area contributed by atoms with E-state index in [1.807, 2.05) is 13.0 Å². The Balaban J connectivity index is 2.00. The van der Waals surface area contributed by atoms with E-state index in [-0.39, 0.29) is 18.0 Å². The maximum absolute atomic E-state index is 13.4. The fraction of sp³-hybridized carbons (Fsp3) is 0.500. The molecular formula is C12H16FNO. The fourth-order valence-corrected chi connectivity index (χ4v) is 1.91. The summed E-state index contributed by atoms with van der Waals surface area (Å²) in [5.74, 6) is -0.184. The van der Waals surface area contributed by atoms with Crippen molar-refractivity contribution in [1.29, 1.82) is 0 Å². The van der Waals surface area contributed by atoms with E-state index in [0.717, 1.165) is 19.5 Å². The van der Waals surface area contributed by atoms with Crippen LogP contribution in [0.4, 0.5) is 4.39 Å². The lowest BCUT2D eigenvalue weighted by atomic mass is 10.1. The van der Waals surface area contributed by atoms with Gasteiger partial charge in [-0.2, -0.15) is 0 Å². The van der Waals surface area contributed by atoms with E-state index in [1.54, 1.807) is 12.1 Å². The summed E-state index contributed by atoms with van der Waals surface area (Å²) in [5.41, 5.74) is 0.643. The van der Waals surface area contributed by atoms with Crippen molar-refractivity contribution in [2.45, 2.75) is 25.6 Å². The second-order valence-corrected chi connectivity index (χ2v) is 3.91. The molecular weight excluding hydrogens is 193 g/mol. The number of benzene rings is 1. The Morgan fingerprint density at radius 1 is 1.47 bits per heavy atom. The molecule has 1 saturated heterocycles. The van der Waals surface area contributed by atoms with E-state index < -0.39 is 0 Å². The molecule has 1 aliphatic heterocycles. The Hall–Kier alpha value is -0.930. The summed E-state index contributed by atoms with van der Waals surface area (Å²) in [6.07, 6.45) is 1.06. The smallest absolute Gasteiger partial charge is 0.128 e. The van der Waals surface area contributed by atoms with Crippen LogP contribution in [0.15, 0.2) is 24.3 Å². The van der Waals surface area contributed by atoms with Crippen molar-refractivity contribution in [3.63, 3.8) is 0 Å². The number of hydrogen-bond acceptors (Lipinski definition) is 2. The molecule has 0 amide bonds. The van der Waals surface area contributed by atoms with Gasteiger partial charge in [-0.25, -0.2) is 4.39 Å². The molecule has 1 aliphatic rings. The standard InChI is InChI=1S/C12H16FNO/c1-9(15-10-6-7-14-8-10)11-4-2-3-5-12(11)13/h2-5,9-10,14H,6-8H2,1H3/t9-,10-/m1/s1. The first kappa shape index (κ1) is 10.6. The lowest BCUT2D eigenvalue weighted by Gasteiger charge is -2.18. The van der Waals surface area contributed by atoms with Crippen LogP contribution < -0.4 is 5.32 Å². The minimum absolute atomic E-state index is 0.170. The van der Waals surface area contributed by atoms with Crippen molar-refractivity contribution in [3.05, 3.63) is 35.6 Å². The SMILES string of the molecule is C[C@@H](O[C@@H]1CCNC1)c1ccccc1F. The average molecular weight is 209 g/mol. The molecule has 82 valence electrons. The minimum Gasteiger partial charge on any atom is -0.369 e. The van der Waals surface area contributed by atoms with Gasteiger partial charge in [0.05, 0.1) is 12.2 Å². The highest BCUT2D eigenvalue weighted by atomic mass is 19.1. The van der Waals surface area contributed by atoms with Gasteiger partial charge in [0.2, 0.25) is 0 Å². The first-order chi connectivity index (χ1) is 7.27. The van der Waals surface area contributed by atoms with Crippen molar-refractivity contribution in [2.75, 3.05) is 13.1 Å². The Kier molecular flexibility index (Phi) is 3.34. The van der Waals surface area contributed by atoms with Gasteiger partial charge in [-0.05, 0) is 26.0 Å². The van der Waals surface area contributed by atoms with Gasteiger partial charge in [-0.3, -0.25) is 0 Å². The van der Waals surface area contributed by atoms with Crippen LogP contribution >= 0.6 is 0 Å². The number of rotatable bonds is 3. The van der Waals surface area contributed by atoms with Gasteiger partial charge in [0.15, 0.2) is 0 Å². The molecule has 1 N–H and O–H groups in total. The van der Waals surface area contributed by atoms with Crippen molar-refractivity contribution in [1.82, 2.24) is 5.32 Å². The van der Waals surface area contributed by atoms with Crippen LogP contribution in [0.2, 0.25) is 0 Å². The van der Waals surface area contributed by atoms with Crippen molar-refractivity contribution >= 4 is 0 Å². The maximum Gasteiger partial charge on any atom is 0.128 e. The second kappa shape index (κ2) is 4.73. The van der Waals surface area contributed by atoms with E-state index in [2.05, 4.69) is 5.32 Å². The zero-order valence-electron chi connectivity index (χ0n) is 8.87. The van der Waals surface area contributed by atoms with Gasteiger partial charge in [0.1, 0.15) is 5.82 Å². The van der Waals surface area contributed by atoms with E-state index in [1.165, 1.54) is 6.07 Å². The molecule has 0 bridgehead atoms. The maximum atomic E-state index is 13.4. The normalized spacial score (nSPS) is 22.9. The molecule has 1 aromatic rings. The summed E-state index contributed by atoms with van der Waals surface area (Å²) < 4.78 is 19.2. The third-order valence-electron chi connectivity index (χ3n) is 2.75. The molecule has 0 radical (unpaired) electrons. The Morgan fingerprint density at radius 3 is 2.93 bits per heavy atom. The van der Waals surface area contributed by atoms with Gasteiger partial charge >= 0.3 is 0 Å². The Labute approximate surface area is 89.4 Å². The van der Waals surface area contributed by atoms with E-state index >= 15 is 0 Å². The minimum atomic E-state index is -0.184. The highest BCUT2D eigenvalue weighted by Gasteiger charge is 2.19. The molecule has 2 nitrogen and oxygen atoms in total. The van der Waals surface area contributed by atoms with Gasteiger partial charge < -0.3 is 10.1 Å². The van der Waals surface area contributed by atoms with Crippen LogP contribution in [0.25, 0.3) is 0 Å². The molecule has 1 heterocycles. The molecule has 2 rings (SSSR count). The molecule has 2 atom stereocenters. The predicted octanol–water partition coefficient (Wildman–Crippen LogP) is 2.27. The number of halogens is 1. The van der Waals surface area contributed by atoms with Gasteiger partial charge in [0.25, 0.3) is 0 Å². The van der Waals surface area contributed by atoms with Gasteiger partial charge in [-0.1, -0.05) is 18.2 Å². The topological polar surface area (TPSA) is 21.3 Å². The van der Waals surface area contributed by atoms with Crippen molar-refractivity contribution in [3.8, 4) is 0 Å². The number of nitrogens with one attached hydrogen (secondary N) is 1. The summed E-state index contributed by atoms with van der Waals surface area (Å²) in [4.78, 5) is 0. The molecule has 15 heavy (non-hydrogen) atoms. The highest BCUT2D eigenvalue weighted by Crippen LogP contribution is 2.22. The lowest BCUT2D eigenvalue weighted by molar-refractivity contribution is 0.00651. The molecule has 1 aromatic carbocycles. The monoisotopic (exact) mass is 209 g/mol. The zero-order chi connectivity index (χ0) is 10.7. The molecule has 0 saturated carbocycles. The Morgan fingerprint density at radius 2 is 2.27 bits per heavy atom. The lowest BCUT2D eigenvalue weighted by Crippen LogP contribution is -2.19. The van der Waals surface area contributed by atoms with Crippen LogP contribution in [0.3, 0.4) is 0 Å². The van der Waals surface area contributed by atoms with Crippen LogP contribution in [0.5, 0.6) is 0 Å². The van der Waals surface area contributed by atoms with Gasteiger partial charge in [0, 0.05) is 12.1 Å². The summed E-state index contributed by atoms with van der Waals surface area (Å²) in [7, 11) is 0. The molecule has 1 fully saturated rings. The number of hydrogen-bond donors (Lipinski definition) is 1. The first-order valence-corrected chi connectivity index (χ1v) is 5.38. The average Bonchev–Trinajstić information content (AvgIpc) is 2.71. The third kappa shape index (κ3) is 2.55. The van der Waals surface area contributed by atoms with E-state index in [0.29, 0.717) is 5.56 Å². The van der Waals surface area contributed by atoms with Crippen LogP contribution in [0.1, 0.15) is 25.0 Å². The van der Waals surface area contributed by atoms with E-state index in [4.69, 9.17) is 4.74 Å². The van der Waals surface area contributed by atoms with E-state index in [9.17, 15) is 4.39 Å². The predicted molar refractivity (Wildman–Crippen MR) is 57.2 cm³/mol. The summed E-state index contributed by atoms with van der Waals surface area (Å²) in [6.45, 7) is 3.77. The number of ether oxygens (including phenoxy) is 1. The highest BCUT2D eigenvalue weighted by molar-refractivity contribution is 5.19. The first-order valence-electron chi connectivity index (χ1n) is 5.38. The molecule has 3 heteroatoms. The van der Waals surface area contributed by atoms with Gasteiger partial charge in [-0.15, -0.1) is 0 Å². The Bertz CT molecular complexity index is 323. The molecule has 0 aliphatic carbocycles. The van der Waals surface area contributed by atoms with Crippen molar-refractivity contribution in [2.24, 2.45) is 0 Å². The zero-order valence-corrected chi connectivity index (χ0v) is 8.87. The third-order valence-corrected chi connectivity index (χ3v) is 2.75. The molecule has 0 unspecified atom stereocenters. The quantitative estimate of drug-likeness (QED) is 0.824. The van der Waals surface area contributed by atoms with Crippen LogP contribution in [-0.4, -0.2) is 19.2 Å².